The van der Waals surface area contributed by atoms with E-state index in [2.05, 4.69) is 6.08 Å². The quantitative estimate of drug-likeness (QED) is 0.331. The molecule has 11 heavy (non-hydrogen) atoms. The molecule has 0 saturated heterocycles. The van der Waals surface area contributed by atoms with Crippen molar-refractivity contribution in [1.82, 2.24) is 0 Å². The Bertz CT molecular complexity index is 126. The Morgan fingerprint density at radius 3 is 1.55 bits per heavy atom. The largest absolute Gasteiger partial charge is 4.00 e. The number of halogens is 2. The molecule has 0 bridgehead atoms. The van der Waals surface area contributed by atoms with Gasteiger partial charge in [-0.05, 0) is 0 Å². The summed E-state index contributed by atoms with van der Waals surface area (Å²) in [6.45, 7) is 0. The van der Waals surface area contributed by atoms with Crippen molar-refractivity contribution in [2.45, 2.75) is 6.42 Å². The Hall–Kier alpha value is 0.540. The second-order valence-corrected chi connectivity index (χ2v) is 1.57. The van der Waals surface area contributed by atoms with E-state index in [0.29, 0.717) is 0 Å². The molecule has 0 saturated carbocycles. The second kappa shape index (κ2) is 13.2. The molecule has 0 aromatic heterocycles. The first-order chi connectivity index (χ1) is 4.00. The molecule has 0 nitrogen and oxygen atoms in total. The van der Waals surface area contributed by atoms with Crippen LogP contribution in [0, 0.1) is 6.08 Å². The van der Waals surface area contributed by atoms with Gasteiger partial charge in [-0.3, -0.25) is 6.08 Å². The summed E-state index contributed by atoms with van der Waals surface area (Å²) in [6.07, 6.45) is 6.00. The molecule has 1 aromatic rings. The van der Waals surface area contributed by atoms with Crippen LogP contribution < -0.4 is 24.8 Å². The van der Waals surface area contributed by atoms with Crippen LogP contribution in [0.3, 0.4) is 0 Å². The first-order valence-corrected chi connectivity index (χ1v) is 2.72. The van der Waals surface area contributed by atoms with E-state index in [9.17, 15) is 0 Å². The Kier molecular flexibility index (Phi) is 21.0. The molecular weight excluding hydrogens is 345 g/mol. The van der Waals surface area contributed by atoms with Crippen molar-refractivity contribution in [3.63, 3.8) is 0 Å². The first kappa shape index (κ1) is 17.6. The van der Waals surface area contributed by atoms with Crippen molar-refractivity contribution in [3.8, 4) is 0 Å². The maximum absolute atomic E-state index is 2.88. The van der Waals surface area contributed by atoms with Gasteiger partial charge in [0.1, 0.15) is 0 Å². The first-order valence-electron chi connectivity index (χ1n) is 2.72. The van der Waals surface area contributed by atoms with Crippen LogP contribution in [0.25, 0.3) is 0 Å². The van der Waals surface area contributed by atoms with Crippen LogP contribution in [0.2, 0.25) is 0 Å². The fourth-order valence-electron chi connectivity index (χ4n) is 0.321. The Morgan fingerprint density at radius 2 is 1.45 bits per heavy atom. The molecular formula is C8H8Cl2Hf. The molecule has 3 heteroatoms. The maximum atomic E-state index is 2.88. The van der Waals surface area contributed by atoms with E-state index in [1.54, 1.807) is 0 Å². The summed E-state index contributed by atoms with van der Waals surface area (Å²) in [5.74, 6) is 0. The molecule has 58 valence electrons. The zero-order valence-corrected chi connectivity index (χ0v) is 11.0. The Labute approximate surface area is 99.0 Å². The van der Waals surface area contributed by atoms with Gasteiger partial charge in [-0.1, -0.05) is 0 Å². The molecule has 0 atom stereocenters. The average molecular weight is 354 g/mol. The number of hydrogen-bond acceptors (Lipinski definition) is 0. The predicted molar refractivity (Wildman–Crippen MR) is 34.5 cm³/mol. The van der Waals surface area contributed by atoms with E-state index in [0.717, 1.165) is 6.42 Å². The van der Waals surface area contributed by atoms with E-state index in [4.69, 9.17) is 0 Å². The van der Waals surface area contributed by atoms with Crippen LogP contribution in [0.1, 0.15) is 6.42 Å². The summed E-state index contributed by atoms with van der Waals surface area (Å²) in [5.41, 5.74) is 0. The van der Waals surface area contributed by atoms with Crippen LogP contribution in [-0.2, 0) is 25.8 Å². The molecule has 0 radical (unpaired) electrons. The molecule has 1 aliphatic carbocycles. The van der Waals surface area contributed by atoms with Crippen molar-refractivity contribution in [3.05, 3.63) is 42.5 Å². The minimum Gasteiger partial charge on any atom is -1.00 e. The Balaban J connectivity index is -0.0000000967. The Morgan fingerprint density at radius 1 is 1.09 bits per heavy atom. The van der Waals surface area contributed by atoms with Crippen molar-refractivity contribution in [1.29, 1.82) is 0 Å². The van der Waals surface area contributed by atoms with Gasteiger partial charge < -0.3 is 30.9 Å². The summed E-state index contributed by atoms with van der Waals surface area (Å²) < 4.78 is 0. The molecule has 0 fully saturated rings. The fraction of sp³-hybridized carbons (Fsp3) is 0.125. The normalized spacial score (nSPS) is 8.73. The summed E-state index contributed by atoms with van der Waals surface area (Å²) in [7, 11) is 0. The SMILES string of the molecule is [C-]1=CC1.[Cl-].[Cl-].[Hf+4].c1cc[cH-]c1. The molecule has 0 amide bonds. The average Bonchev–Trinajstić information content (AvgIpc) is 2.55. The number of rotatable bonds is 0. The molecule has 2 rings (SSSR count). The topological polar surface area (TPSA) is 0 Å². The molecule has 0 heterocycles. The van der Waals surface area contributed by atoms with E-state index in [1.165, 1.54) is 0 Å². The van der Waals surface area contributed by atoms with E-state index >= 15 is 0 Å². The monoisotopic (exact) mass is 354 g/mol. The third-order valence-corrected chi connectivity index (χ3v) is 0.760. The van der Waals surface area contributed by atoms with E-state index in [-0.39, 0.29) is 50.7 Å². The van der Waals surface area contributed by atoms with E-state index in [1.807, 2.05) is 36.4 Å². The van der Waals surface area contributed by atoms with Crippen LogP contribution >= 0.6 is 0 Å². The molecule has 0 N–H and O–H groups in total. The molecule has 1 aliphatic rings. The van der Waals surface area contributed by atoms with Gasteiger partial charge in [-0.25, -0.2) is 18.6 Å². The van der Waals surface area contributed by atoms with Crippen molar-refractivity contribution < 1.29 is 50.7 Å². The van der Waals surface area contributed by atoms with Gasteiger partial charge in [0.05, 0.1) is 0 Å². The van der Waals surface area contributed by atoms with E-state index < -0.39 is 0 Å². The van der Waals surface area contributed by atoms with Gasteiger partial charge in [0, 0.05) is 0 Å². The van der Waals surface area contributed by atoms with Crippen molar-refractivity contribution in [2.75, 3.05) is 0 Å². The molecule has 1 aromatic carbocycles. The van der Waals surface area contributed by atoms with Crippen molar-refractivity contribution >= 4 is 0 Å². The van der Waals surface area contributed by atoms with Gasteiger partial charge in [0.15, 0.2) is 0 Å². The van der Waals surface area contributed by atoms with Gasteiger partial charge in [0.25, 0.3) is 0 Å². The third-order valence-electron chi connectivity index (χ3n) is 0.760. The fourth-order valence-corrected chi connectivity index (χ4v) is 0.321. The standard InChI is InChI=1S/C5H5.C3H3.2ClH.Hf/c1-2-4-5-3-1;1-2-3-1;;;/h1-5H;1H,2H2;2*1H;/q2*-1;;;+4/p-2. The molecule has 0 spiro atoms. The van der Waals surface area contributed by atoms with Gasteiger partial charge >= 0.3 is 25.8 Å². The predicted octanol–water partition coefficient (Wildman–Crippen LogP) is -3.84. The summed E-state index contributed by atoms with van der Waals surface area (Å²) in [6, 6.07) is 10.0. The zero-order valence-electron chi connectivity index (χ0n) is 5.93. The minimum atomic E-state index is 0. The second-order valence-electron chi connectivity index (χ2n) is 1.57. The summed E-state index contributed by atoms with van der Waals surface area (Å²) in [5, 5.41) is 0. The minimum absolute atomic E-state index is 0. The van der Waals surface area contributed by atoms with Crippen LogP contribution in [0.4, 0.5) is 0 Å². The summed E-state index contributed by atoms with van der Waals surface area (Å²) in [4.78, 5) is 0. The van der Waals surface area contributed by atoms with Gasteiger partial charge in [-0.2, -0.15) is 18.2 Å². The van der Waals surface area contributed by atoms with Crippen LogP contribution in [0.5, 0.6) is 0 Å². The summed E-state index contributed by atoms with van der Waals surface area (Å²) >= 11 is 0. The maximum Gasteiger partial charge on any atom is 4.00 e. The zero-order chi connectivity index (χ0) is 5.66. The van der Waals surface area contributed by atoms with Crippen LogP contribution in [0.15, 0.2) is 36.4 Å². The molecule has 0 aliphatic heterocycles. The molecule has 0 unspecified atom stereocenters. The number of hydrogen-bond donors (Lipinski definition) is 0. The van der Waals surface area contributed by atoms with Gasteiger partial charge in [-0.15, -0.1) is 0 Å². The van der Waals surface area contributed by atoms with Crippen molar-refractivity contribution in [2.24, 2.45) is 0 Å². The number of allylic oxidation sites excluding steroid dienone is 2. The van der Waals surface area contributed by atoms with Crippen LogP contribution in [-0.4, -0.2) is 0 Å². The van der Waals surface area contributed by atoms with Gasteiger partial charge in [0.2, 0.25) is 0 Å². The smallest absolute Gasteiger partial charge is 1.00 e. The third kappa shape index (κ3) is 18.0.